The summed E-state index contributed by atoms with van der Waals surface area (Å²) in [4.78, 5) is 0. The van der Waals surface area contributed by atoms with E-state index in [2.05, 4.69) is 28.2 Å². The van der Waals surface area contributed by atoms with Gasteiger partial charge in [-0.25, -0.2) is 4.39 Å². The maximum Gasteiger partial charge on any atom is 0.123 e. The summed E-state index contributed by atoms with van der Waals surface area (Å²) in [6, 6.07) is 6.91. The first-order valence-corrected chi connectivity index (χ1v) is 7.01. The van der Waals surface area contributed by atoms with E-state index in [4.69, 9.17) is 4.42 Å². The van der Waals surface area contributed by atoms with Crippen LogP contribution in [0.3, 0.4) is 0 Å². The SMILES string of the molecule is Cc1cc(C(C)NCc2cc(F)ccc2Br)c(C)o1. The summed E-state index contributed by atoms with van der Waals surface area (Å²) in [6.07, 6.45) is 0. The van der Waals surface area contributed by atoms with Crippen molar-refractivity contribution in [3.8, 4) is 0 Å². The van der Waals surface area contributed by atoms with Crippen LogP contribution in [0.4, 0.5) is 4.39 Å². The van der Waals surface area contributed by atoms with Crippen molar-refractivity contribution < 1.29 is 8.81 Å². The molecule has 0 saturated heterocycles. The Hall–Kier alpha value is -1.13. The van der Waals surface area contributed by atoms with Crippen molar-refractivity contribution in [3.05, 3.63) is 57.2 Å². The Balaban J connectivity index is 2.06. The van der Waals surface area contributed by atoms with E-state index < -0.39 is 0 Å². The van der Waals surface area contributed by atoms with Crippen LogP contribution in [0.5, 0.6) is 0 Å². The first-order valence-electron chi connectivity index (χ1n) is 6.21. The van der Waals surface area contributed by atoms with E-state index >= 15 is 0 Å². The standard InChI is InChI=1S/C15H17BrFNO/c1-9-6-14(11(3)19-9)10(2)18-8-12-7-13(17)4-5-15(12)16/h4-7,10,18H,8H2,1-3H3. The Kier molecular flexibility index (Phi) is 4.42. The van der Waals surface area contributed by atoms with Crippen molar-refractivity contribution in [1.29, 1.82) is 0 Å². The second kappa shape index (κ2) is 5.88. The fourth-order valence-electron chi connectivity index (χ4n) is 2.13. The van der Waals surface area contributed by atoms with Gasteiger partial charge in [0, 0.05) is 22.6 Å². The van der Waals surface area contributed by atoms with E-state index in [0.29, 0.717) is 6.54 Å². The van der Waals surface area contributed by atoms with Crippen LogP contribution in [-0.4, -0.2) is 0 Å². The van der Waals surface area contributed by atoms with Crippen molar-refractivity contribution in [3.63, 3.8) is 0 Å². The largest absolute Gasteiger partial charge is 0.466 e. The lowest BCUT2D eigenvalue weighted by atomic mass is 10.1. The molecule has 1 N–H and O–H groups in total. The lowest BCUT2D eigenvalue weighted by Crippen LogP contribution is -2.18. The Bertz CT molecular complexity index is 580. The van der Waals surface area contributed by atoms with Gasteiger partial charge >= 0.3 is 0 Å². The molecule has 0 saturated carbocycles. The molecule has 1 unspecified atom stereocenters. The number of halogens is 2. The normalized spacial score (nSPS) is 12.7. The van der Waals surface area contributed by atoms with E-state index in [1.54, 1.807) is 6.07 Å². The summed E-state index contributed by atoms with van der Waals surface area (Å²) in [6.45, 7) is 6.57. The van der Waals surface area contributed by atoms with Crippen molar-refractivity contribution in [2.75, 3.05) is 0 Å². The molecule has 0 fully saturated rings. The number of furan rings is 1. The van der Waals surface area contributed by atoms with Crippen molar-refractivity contribution in [2.24, 2.45) is 0 Å². The molecule has 1 heterocycles. The van der Waals surface area contributed by atoms with Crippen LogP contribution < -0.4 is 5.32 Å². The lowest BCUT2D eigenvalue weighted by Gasteiger charge is -2.14. The van der Waals surface area contributed by atoms with Gasteiger partial charge < -0.3 is 9.73 Å². The van der Waals surface area contributed by atoms with Crippen LogP contribution in [0, 0.1) is 19.7 Å². The van der Waals surface area contributed by atoms with Gasteiger partial charge in [-0.3, -0.25) is 0 Å². The molecule has 4 heteroatoms. The predicted octanol–water partition coefficient (Wildman–Crippen LogP) is 4.65. The molecule has 2 rings (SSSR count). The first kappa shape index (κ1) is 14.3. The minimum absolute atomic E-state index is 0.160. The maximum absolute atomic E-state index is 13.2. The third-order valence-electron chi connectivity index (χ3n) is 3.15. The zero-order valence-electron chi connectivity index (χ0n) is 11.3. The highest BCUT2D eigenvalue weighted by molar-refractivity contribution is 9.10. The number of hydrogen-bond donors (Lipinski definition) is 1. The minimum Gasteiger partial charge on any atom is -0.466 e. The average Bonchev–Trinajstić information content (AvgIpc) is 2.69. The molecule has 102 valence electrons. The number of aryl methyl sites for hydroxylation is 2. The Morgan fingerprint density at radius 3 is 2.68 bits per heavy atom. The third kappa shape index (κ3) is 3.45. The summed E-state index contributed by atoms with van der Waals surface area (Å²) in [5, 5.41) is 3.38. The van der Waals surface area contributed by atoms with Gasteiger partial charge in [0.2, 0.25) is 0 Å². The highest BCUT2D eigenvalue weighted by Gasteiger charge is 2.12. The minimum atomic E-state index is -0.219. The number of hydrogen-bond acceptors (Lipinski definition) is 2. The fourth-order valence-corrected chi connectivity index (χ4v) is 2.52. The maximum atomic E-state index is 13.2. The second-order valence-corrected chi connectivity index (χ2v) is 5.56. The van der Waals surface area contributed by atoms with Crippen LogP contribution in [0.2, 0.25) is 0 Å². The summed E-state index contributed by atoms with van der Waals surface area (Å²) >= 11 is 3.43. The summed E-state index contributed by atoms with van der Waals surface area (Å²) in [7, 11) is 0. The van der Waals surface area contributed by atoms with Crippen molar-refractivity contribution in [1.82, 2.24) is 5.32 Å². The monoisotopic (exact) mass is 325 g/mol. The molecule has 0 aliphatic rings. The molecule has 0 radical (unpaired) electrons. The average molecular weight is 326 g/mol. The molecule has 2 nitrogen and oxygen atoms in total. The Morgan fingerprint density at radius 1 is 1.32 bits per heavy atom. The zero-order valence-corrected chi connectivity index (χ0v) is 12.8. The Labute approximate surface area is 121 Å². The number of nitrogens with one attached hydrogen (secondary N) is 1. The molecule has 0 amide bonds. The van der Waals surface area contributed by atoms with Crippen LogP contribution in [0.1, 0.15) is 35.6 Å². The highest BCUT2D eigenvalue weighted by atomic mass is 79.9. The summed E-state index contributed by atoms with van der Waals surface area (Å²) in [5.74, 6) is 1.62. The number of benzene rings is 1. The van der Waals surface area contributed by atoms with Gasteiger partial charge in [0.15, 0.2) is 0 Å². The number of rotatable bonds is 4. The molecule has 2 aromatic rings. The molecule has 0 aliphatic carbocycles. The van der Waals surface area contributed by atoms with Crippen LogP contribution >= 0.6 is 15.9 Å². The first-order chi connectivity index (χ1) is 8.97. The van der Waals surface area contributed by atoms with Gasteiger partial charge in [0.1, 0.15) is 17.3 Å². The topological polar surface area (TPSA) is 25.2 Å². The molecule has 0 spiro atoms. The molecule has 1 aromatic carbocycles. The summed E-state index contributed by atoms with van der Waals surface area (Å²) in [5.41, 5.74) is 2.05. The lowest BCUT2D eigenvalue weighted by molar-refractivity contribution is 0.489. The second-order valence-electron chi connectivity index (χ2n) is 4.71. The molecular formula is C15H17BrFNO. The molecule has 1 atom stereocenters. The summed E-state index contributed by atoms with van der Waals surface area (Å²) < 4.78 is 19.6. The smallest absolute Gasteiger partial charge is 0.123 e. The van der Waals surface area contributed by atoms with Crippen LogP contribution in [0.15, 0.2) is 33.2 Å². The molecule has 0 aliphatic heterocycles. The van der Waals surface area contributed by atoms with Gasteiger partial charge in [0.25, 0.3) is 0 Å². The van der Waals surface area contributed by atoms with E-state index in [1.807, 2.05) is 19.9 Å². The van der Waals surface area contributed by atoms with Gasteiger partial charge in [-0.05, 0) is 50.6 Å². The third-order valence-corrected chi connectivity index (χ3v) is 3.93. The van der Waals surface area contributed by atoms with Gasteiger partial charge in [-0.2, -0.15) is 0 Å². The van der Waals surface area contributed by atoms with Crippen molar-refractivity contribution in [2.45, 2.75) is 33.4 Å². The molecule has 1 aromatic heterocycles. The molecule has 0 bridgehead atoms. The van der Waals surface area contributed by atoms with Crippen LogP contribution in [0.25, 0.3) is 0 Å². The Morgan fingerprint density at radius 2 is 2.05 bits per heavy atom. The van der Waals surface area contributed by atoms with Crippen molar-refractivity contribution >= 4 is 15.9 Å². The van der Waals surface area contributed by atoms with E-state index in [1.165, 1.54) is 12.1 Å². The van der Waals surface area contributed by atoms with Gasteiger partial charge in [-0.1, -0.05) is 15.9 Å². The molecule has 19 heavy (non-hydrogen) atoms. The van der Waals surface area contributed by atoms with E-state index in [-0.39, 0.29) is 11.9 Å². The predicted molar refractivity (Wildman–Crippen MR) is 77.5 cm³/mol. The fraction of sp³-hybridized carbons (Fsp3) is 0.333. The molecular weight excluding hydrogens is 309 g/mol. The van der Waals surface area contributed by atoms with E-state index in [9.17, 15) is 4.39 Å². The zero-order chi connectivity index (χ0) is 14.0. The quantitative estimate of drug-likeness (QED) is 0.885. The van der Waals surface area contributed by atoms with E-state index in [0.717, 1.165) is 27.1 Å². The highest BCUT2D eigenvalue weighted by Crippen LogP contribution is 2.23. The van der Waals surface area contributed by atoms with Gasteiger partial charge in [-0.15, -0.1) is 0 Å². The van der Waals surface area contributed by atoms with Crippen LogP contribution in [-0.2, 0) is 6.54 Å². The van der Waals surface area contributed by atoms with Gasteiger partial charge in [0.05, 0.1) is 0 Å².